The van der Waals surface area contributed by atoms with Crippen molar-refractivity contribution in [3.05, 3.63) is 29.6 Å². The molecular weight excluding hydrogens is 249 g/mol. The number of aliphatic imine (C=N–C) groups is 1. The number of benzene rings is 1. The number of anilines is 1. The van der Waals surface area contributed by atoms with Crippen LogP contribution in [0, 0.1) is 11.7 Å². The molecule has 19 heavy (non-hydrogen) atoms. The minimum atomic E-state index is -0.832. The Labute approximate surface area is 110 Å². The molecule has 1 saturated carbocycles. The van der Waals surface area contributed by atoms with E-state index in [-0.39, 0.29) is 30.5 Å². The van der Waals surface area contributed by atoms with E-state index >= 15 is 0 Å². The van der Waals surface area contributed by atoms with Crippen LogP contribution in [0.25, 0.3) is 0 Å². The number of fused-ring (bicyclic) bond motifs is 1. The Hall–Kier alpha value is -1.82. The molecule has 0 saturated heterocycles. The average Bonchev–Trinajstić information content (AvgIpc) is 3.12. The second-order valence-corrected chi connectivity index (χ2v) is 5.05. The molecule has 0 bridgehead atoms. The SMILES string of the molecule is COC[C@]1(c2cc(N)ccc2F)N=C(N)OC2C[C@@H]21. The summed E-state index contributed by atoms with van der Waals surface area (Å²) >= 11 is 0. The van der Waals surface area contributed by atoms with Crippen LogP contribution in [0.1, 0.15) is 12.0 Å². The van der Waals surface area contributed by atoms with E-state index < -0.39 is 5.54 Å². The molecule has 4 N–H and O–H groups in total. The van der Waals surface area contributed by atoms with Gasteiger partial charge in [0, 0.05) is 24.3 Å². The van der Waals surface area contributed by atoms with Crippen LogP contribution in [0.4, 0.5) is 10.1 Å². The average molecular weight is 265 g/mol. The highest BCUT2D eigenvalue weighted by Crippen LogP contribution is 2.53. The fourth-order valence-corrected chi connectivity index (χ4v) is 2.84. The van der Waals surface area contributed by atoms with Gasteiger partial charge in [-0.25, -0.2) is 9.38 Å². The summed E-state index contributed by atoms with van der Waals surface area (Å²) < 4.78 is 24.8. The van der Waals surface area contributed by atoms with Crippen molar-refractivity contribution in [2.45, 2.75) is 18.1 Å². The van der Waals surface area contributed by atoms with Crippen molar-refractivity contribution >= 4 is 11.7 Å². The molecule has 0 amide bonds. The van der Waals surface area contributed by atoms with Crippen molar-refractivity contribution in [1.82, 2.24) is 0 Å². The molecule has 5 nitrogen and oxygen atoms in total. The largest absolute Gasteiger partial charge is 0.462 e. The Morgan fingerprint density at radius 3 is 3.05 bits per heavy atom. The maximum absolute atomic E-state index is 14.2. The fourth-order valence-electron chi connectivity index (χ4n) is 2.84. The molecular formula is C13H16FN3O2. The van der Waals surface area contributed by atoms with Gasteiger partial charge in [0.1, 0.15) is 17.5 Å². The summed E-state index contributed by atoms with van der Waals surface area (Å²) in [6.45, 7) is 0.249. The molecule has 0 spiro atoms. The monoisotopic (exact) mass is 265 g/mol. The van der Waals surface area contributed by atoms with Crippen molar-refractivity contribution < 1.29 is 13.9 Å². The third-order valence-corrected chi connectivity index (χ3v) is 3.75. The Kier molecular flexibility index (Phi) is 2.63. The molecule has 1 unspecified atom stereocenters. The van der Waals surface area contributed by atoms with Gasteiger partial charge in [-0.1, -0.05) is 0 Å². The van der Waals surface area contributed by atoms with Crippen LogP contribution >= 0.6 is 0 Å². The van der Waals surface area contributed by atoms with Gasteiger partial charge < -0.3 is 20.9 Å². The number of halogens is 1. The van der Waals surface area contributed by atoms with Crippen LogP contribution in [0.3, 0.4) is 0 Å². The summed E-state index contributed by atoms with van der Waals surface area (Å²) in [5, 5.41) is 0. The van der Waals surface area contributed by atoms with Gasteiger partial charge in [-0.3, -0.25) is 0 Å². The second kappa shape index (κ2) is 4.09. The number of amidine groups is 1. The lowest BCUT2D eigenvalue weighted by molar-refractivity contribution is 0.0898. The van der Waals surface area contributed by atoms with E-state index in [1.54, 1.807) is 13.2 Å². The summed E-state index contributed by atoms with van der Waals surface area (Å²) in [6.07, 6.45) is 0.787. The molecule has 1 fully saturated rings. The first-order chi connectivity index (χ1) is 9.06. The highest BCUT2D eigenvalue weighted by Gasteiger charge is 2.59. The highest BCUT2D eigenvalue weighted by atomic mass is 19.1. The van der Waals surface area contributed by atoms with Gasteiger partial charge in [-0.2, -0.15) is 0 Å². The zero-order chi connectivity index (χ0) is 13.6. The quantitative estimate of drug-likeness (QED) is 0.798. The van der Waals surface area contributed by atoms with Gasteiger partial charge in [-0.15, -0.1) is 0 Å². The van der Waals surface area contributed by atoms with E-state index in [0.717, 1.165) is 6.42 Å². The minimum Gasteiger partial charge on any atom is -0.462 e. The van der Waals surface area contributed by atoms with E-state index in [1.165, 1.54) is 12.1 Å². The van der Waals surface area contributed by atoms with E-state index in [0.29, 0.717) is 11.3 Å². The van der Waals surface area contributed by atoms with E-state index in [1.807, 2.05) is 0 Å². The molecule has 102 valence electrons. The summed E-state index contributed by atoms with van der Waals surface area (Å²) in [6, 6.07) is 4.56. The van der Waals surface area contributed by atoms with Crippen molar-refractivity contribution in [3.63, 3.8) is 0 Å². The first kappa shape index (κ1) is 12.2. The second-order valence-electron chi connectivity index (χ2n) is 5.05. The van der Waals surface area contributed by atoms with Gasteiger partial charge in [0.25, 0.3) is 6.02 Å². The number of hydrogen-bond donors (Lipinski definition) is 2. The maximum Gasteiger partial charge on any atom is 0.283 e. The Morgan fingerprint density at radius 1 is 1.53 bits per heavy atom. The summed E-state index contributed by atoms with van der Waals surface area (Å²) in [5.41, 5.74) is 11.5. The minimum absolute atomic E-state index is 0.00604. The standard InChI is InChI=1S/C13H16FN3O2/c1-18-6-13(8-4-7(15)2-3-10(8)14)9-5-11(9)19-12(16)17-13/h2-4,9,11H,5-6,15H2,1H3,(H2,16,17)/t9-,11?,13+/m0/s1. The molecule has 3 atom stereocenters. The number of ether oxygens (including phenoxy) is 2. The first-order valence-electron chi connectivity index (χ1n) is 6.13. The van der Waals surface area contributed by atoms with Gasteiger partial charge in [-0.05, 0) is 24.6 Å². The van der Waals surface area contributed by atoms with Gasteiger partial charge in [0.05, 0.1) is 6.61 Å². The third kappa shape index (κ3) is 1.83. The zero-order valence-electron chi connectivity index (χ0n) is 10.6. The molecule has 0 radical (unpaired) electrons. The summed E-state index contributed by atoms with van der Waals surface area (Å²) in [5.74, 6) is -0.272. The number of rotatable bonds is 3. The molecule has 1 aliphatic carbocycles. The molecule has 0 aromatic heterocycles. The molecule has 1 aliphatic heterocycles. The topological polar surface area (TPSA) is 82.9 Å². The van der Waals surface area contributed by atoms with Crippen molar-refractivity contribution in [1.29, 1.82) is 0 Å². The van der Waals surface area contributed by atoms with Crippen LogP contribution < -0.4 is 11.5 Å². The van der Waals surface area contributed by atoms with Crippen LogP contribution in [0.2, 0.25) is 0 Å². The lowest BCUT2D eigenvalue weighted by Crippen LogP contribution is -2.41. The summed E-state index contributed by atoms with van der Waals surface area (Å²) in [4.78, 5) is 4.35. The number of methoxy groups -OCH3 is 1. The van der Waals surface area contributed by atoms with Gasteiger partial charge in [0.15, 0.2) is 0 Å². The molecule has 1 heterocycles. The molecule has 6 heteroatoms. The summed E-state index contributed by atoms with van der Waals surface area (Å²) in [7, 11) is 1.56. The van der Waals surface area contributed by atoms with Crippen molar-refractivity contribution in [3.8, 4) is 0 Å². The number of nitrogen functional groups attached to an aromatic ring is 1. The molecule has 2 aliphatic rings. The number of nitrogens with two attached hydrogens (primary N) is 2. The number of nitrogens with zero attached hydrogens (tertiary/aromatic N) is 1. The van der Waals surface area contributed by atoms with Crippen molar-refractivity contribution in [2.75, 3.05) is 19.5 Å². The highest BCUT2D eigenvalue weighted by molar-refractivity contribution is 5.74. The Morgan fingerprint density at radius 2 is 2.32 bits per heavy atom. The van der Waals surface area contributed by atoms with Gasteiger partial charge in [0.2, 0.25) is 0 Å². The first-order valence-corrected chi connectivity index (χ1v) is 6.13. The molecule has 3 rings (SSSR count). The zero-order valence-corrected chi connectivity index (χ0v) is 10.6. The predicted molar refractivity (Wildman–Crippen MR) is 69.0 cm³/mol. The van der Waals surface area contributed by atoms with Gasteiger partial charge >= 0.3 is 0 Å². The molecule has 1 aromatic rings. The smallest absolute Gasteiger partial charge is 0.283 e. The maximum atomic E-state index is 14.2. The lowest BCUT2D eigenvalue weighted by Gasteiger charge is -2.33. The van der Waals surface area contributed by atoms with Crippen LogP contribution in [-0.4, -0.2) is 25.8 Å². The predicted octanol–water partition coefficient (Wildman–Crippen LogP) is 0.983. The lowest BCUT2D eigenvalue weighted by atomic mass is 9.85. The number of hydrogen-bond acceptors (Lipinski definition) is 5. The fraction of sp³-hybridized carbons (Fsp3) is 0.462. The van der Waals surface area contributed by atoms with Crippen LogP contribution in [-0.2, 0) is 15.0 Å². The van der Waals surface area contributed by atoms with E-state index in [4.69, 9.17) is 20.9 Å². The Balaban J connectivity index is 2.15. The normalized spacial score (nSPS) is 32.2. The Bertz CT molecular complexity index is 549. The van der Waals surface area contributed by atoms with E-state index in [9.17, 15) is 4.39 Å². The third-order valence-electron chi connectivity index (χ3n) is 3.75. The van der Waals surface area contributed by atoms with Crippen molar-refractivity contribution in [2.24, 2.45) is 16.6 Å². The molecule has 1 aromatic carbocycles. The van der Waals surface area contributed by atoms with Crippen LogP contribution in [0.15, 0.2) is 23.2 Å². The van der Waals surface area contributed by atoms with Crippen LogP contribution in [0.5, 0.6) is 0 Å². The van der Waals surface area contributed by atoms with E-state index in [2.05, 4.69) is 4.99 Å².